The van der Waals surface area contributed by atoms with Crippen LogP contribution >= 0.6 is 27.3 Å². The lowest BCUT2D eigenvalue weighted by Gasteiger charge is -2.37. The van der Waals surface area contributed by atoms with Crippen LogP contribution in [0.3, 0.4) is 0 Å². The van der Waals surface area contributed by atoms with Crippen LogP contribution in [0, 0.1) is 19.8 Å². The maximum atomic E-state index is 11.5. The molecule has 2 atom stereocenters. The van der Waals surface area contributed by atoms with E-state index in [4.69, 9.17) is 0 Å². The lowest BCUT2D eigenvalue weighted by Crippen LogP contribution is -2.41. The van der Waals surface area contributed by atoms with Crippen molar-refractivity contribution < 1.29 is 9.90 Å². The van der Waals surface area contributed by atoms with Gasteiger partial charge in [0, 0.05) is 11.4 Å². The number of rotatable bonds is 4. The van der Waals surface area contributed by atoms with Gasteiger partial charge in [-0.2, -0.15) is 0 Å². The number of hydrogen-bond acceptors (Lipinski definition) is 3. The summed E-state index contributed by atoms with van der Waals surface area (Å²) < 4.78 is 1.11. The molecule has 1 saturated heterocycles. The van der Waals surface area contributed by atoms with Crippen LogP contribution in [0.4, 0.5) is 0 Å². The Hall–Kier alpha value is -1.17. The van der Waals surface area contributed by atoms with Crippen LogP contribution in [0.25, 0.3) is 0 Å². The molecule has 0 saturated carbocycles. The Morgan fingerprint density at radius 2 is 2.00 bits per heavy atom. The fraction of sp³-hybridized carbons (Fsp3) is 0.421. The molecule has 128 valence electrons. The fourth-order valence-electron chi connectivity index (χ4n) is 3.64. The standard InChI is InChI=1S/C19H22BrNO2S/c1-12-8-13(2)10-15(9-12)18(16-5-6-17(20)24-16)21-7-3-4-14(11-21)19(22)23/h5-6,8-10,14,18H,3-4,7,11H2,1-2H3,(H,22,23). The van der Waals surface area contributed by atoms with E-state index in [-0.39, 0.29) is 12.0 Å². The van der Waals surface area contributed by atoms with E-state index in [0.717, 1.165) is 23.2 Å². The molecular formula is C19H22BrNO2S. The van der Waals surface area contributed by atoms with Crippen molar-refractivity contribution in [3.05, 3.63) is 55.7 Å². The summed E-state index contributed by atoms with van der Waals surface area (Å²) in [7, 11) is 0. The zero-order chi connectivity index (χ0) is 17.3. The van der Waals surface area contributed by atoms with E-state index in [2.05, 4.69) is 65.0 Å². The number of piperidine rings is 1. The van der Waals surface area contributed by atoms with Crippen LogP contribution in [0.1, 0.15) is 40.5 Å². The SMILES string of the molecule is Cc1cc(C)cc(C(c2ccc(Br)s2)N2CCCC(C(=O)O)C2)c1. The molecule has 1 aliphatic heterocycles. The number of benzene rings is 1. The highest BCUT2D eigenvalue weighted by atomic mass is 79.9. The van der Waals surface area contributed by atoms with Gasteiger partial charge >= 0.3 is 5.97 Å². The van der Waals surface area contributed by atoms with Crippen molar-refractivity contribution in [1.29, 1.82) is 0 Å². The van der Waals surface area contributed by atoms with Gasteiger partial charge in [0.05, 0.1) is 15.7 Å². The summed E-state index contributed by atoms with van der Waals surface area (Å²) in [6.07, 6.45) is 1.71. The highest BCUT2D eigenvalue weighted by molar-refractivity contribution is 9.11. The predicted octanol–water partition coefficient (Wildman–Crippen LogP) is 5.01. The first-order valence-corrected chi connectivity index (χ1v) is 9.85. The van der Waals surface area contributed by atoms with Gasteiger partial charge in [-0.1, -0.05) is 29.3 Å². The monoisotopic (exact) mass is 407 g/mol. The number of hydrogen-bond donors (Lipinski definition) is 1. The minimum atomic E-state index is -0.675. The summed E-state index contributed by atoms with van der Waals surface area (Å²) in [6.45, 7) is 5.79. The van der Waals surface area contributed by atoms with Gasteiger partial charge in [-0.25, -0.2) is 0 Å². The van der Waals surface area contributed by atoms with Gasteiger partial charge in [-0.15, -0.1) is 11.3 Å². The van der Waals surface area contributed by atoms with E-state index in [1.165, 1.54) is 21.6 Å². The number of nitrogens with zero attached hydrogens (tertiary/aromatic N) is 1. The Labute approximate surface area is 155 Å². The second kappa shape index (κ2) is 7.38. The Morgan fingerprint density at radius 1 is 1.29 bits per heavy atom. The summed E-state index contributed by atoms with van der Waals surface area (Å²) in [5, 5.41) is 9.44. The molecule has 2 aromatic rings. The largest absolute Gasteiger partial charge is 0.481 e. The highest BCUT2D eigenvalue weighted by Gasteiger charge is 2.32. The number of thiophene rings is 1. The molecule has 0 amide bonds. The van der Waals surface area contributed by atoms with Gasteiger partial charge < -0.3 is 5.11 Å². The first-order valence-electron chi connectivity index (χ1n) is 8.24. The minimum absolute atomic E-state index is 0.127. The minimum Gasteiger partial charge on any atom is -0.481 e. The van der Waals surface area contributed by atoms with E-state index in [0.29, 0.717) is 6.54 Å². The summed E-state index contributed by atoms with van der Waals surface area (Å²) in [5.41, 5.74) is 3.75. The van der Waals surface area contributed by atoms with Crippen molar-refractivity contribution in [2.24, 2.45) is 5.92 Å². The second-order valence-corrected chi connectivity index (χ2v) is 9.13. The molecule has 1 N–H and O–H groups in total. The third kappa shape index (κ3) is 3.90. The fourth-order valence-corrected chi connectivity index (χ4v) is 5.23. The van der Waals surface area contributed by atoms with Crippen LogP contribution in [-0.4, -0.2) is 29.1 Å². The van der Waals surface area contributed by atoms with Crippen LogP contribution in [-0.2, 0) is 4.79 Å². The van der Waals surface area contributed by atoms with Crippen LogP contribution in [0.15, 0.2) is 34.1 Å². The van der Waals surface area contributed by atoms with Crippen LogP contribution < -0.4 is 0 Å². The molecule has 2 unspecified atom stereocenters. The lowest BCUT2D eigenvalue weighted by molar-refractivity contribution is -0.143. The third-order valence-corrected chi connectivity index (χ3v) is 6.27. The van der Waals surface area contributed by atoms with Crippen LogP contribution in [0.5, 0.6) is 0 Å². The molecule has 0 spiro atoms. The average Bonchev–Trinajstić information content (AvgIpc) is 2.93. The highest BCUT2D eigenvalue weighted by Crippen LogP contribution is 2.38. The predicted molar refractivity (Wildman–Crippen MR) is 102 cm³/mol. The number of aliphatic carboxylic acids is 1. The van der Waals surface area contributed by atoms with Crippen LogP contribution in [0.2, 0.25) is 0 Å². The number of carboxylic acid groups (broad SMARTS) is 1. The van der Waals surface area contributed by atoms with E-state index in [9.17, 15) is 9.90 Å². The molecule has 5 heteroatoms. The summed E-state index contributed by atoms with van der Waals surface area (Å²) in [5.74, 6) is -0.943. The molecule has 0 radical (unpaired) electrons. The first kappa shape index (κ1) is 17.6. The lowest BCUT2D eigenvalue weighted by atomic mass is 9.93. The van der Waals surface area contributed by atoms with Crippen molar-refractivity contribution in [3.63, 3.8) is 0 Å². The van der Waals surface area contributed by atoms with Gasteiger partial charge in [0.1, 0.15) is 0 Å². The van der Waals surface area contributed by atoms with E-state index in [1.54, 1.807) is 11.3 Å². The van der Waals surface area contributed by atoms with Crippen molar-refractivity contribution in [2.45, 2.75) is 32.7 Å². The zero-order valence-corrected chi connectivity index (χ0v) is 16.4. The van der Waals surface area contributed by atoms with E-state index in [1.807, 2.05) is 0 Å². The molecule has 1 aromatic carbocycles. The molecule has 1 aliphatic rings. The third-order valence-electron chi connectivity index (χ3n) is 4.59. The topological polar surface area (TPSA) is 40.5 Å². The van der Waals surface area contributed by atoms with Gasteiger partial charge in [0.25, 0.3) is 0 Å². The normalized spacial score (nSPS) is 20.0. The molecule has 24 heavy (non-hydrogen) atoms. The molecule has 1 fully saturated rings. The average molecular weight is 408 g/mol. The summed E-state index contributed by atoms with van der Waals surface area (Å²) in [6, 6.07) is 11.0. The molecule has 0 aliphatic carbocycles. The number of carbonyl (C=O) groups is 1. The maximum Gasteiger partial charge on any atom is 0.307 e. The van der Waals surface area contributed by atoms with Gasteiger partial charge in [-0.3, -0.25) is 9.69 Å². The molecule has 3 rings (SSSR count). The Morgan fingerprint density at radius 3 is 2.58 bits per heavy atom. The number of likely N-dealkylation sites (tertiary alicyclic amines) is 1. The van der Waals surface area contributed by atoms with E-state index < -0.39 is 5.97 Å². The van der Waals surface area contributed by atoms with Crippen molar-refractivity contribution in [3.8, 4) is 0 Å². The van der Waals surface area contributed by atoms with E-state index >= 15 is 0 Å². The van der Waals surface area contributed by atoms with Gasteiger partial charge in [0.15, 0.2) is 0 Å². The first-order chi connectivity index (χ1) is 11.4. The molecule has 0 bridgehead atoms. The van der Waals surface area contributed by atoms with Crippen molar-refractivity contribution in [1.82, 2.24) is 4.90 Å². The molecular weight excluding hydrogens is 386 g/mol. The van der Waals surface area contributed by atoms with Gasteiger partial charge in [0.2, 0.25) is 0 Å². The van der Waals surface area contributed by atoms with Crippen molar-refractivity contribution >= 4 is 33.2 Å². The molecule has 1 aromatic heterocycles. The molecule has 3 nitrogen and oxygen atoms in total. The molecule has 2 heterocycles. The summed E-state index contributed by atoms with van der Waals surface area (Å²) >= 11 is 5.30. The number of carboxylic acids is 1. The quantitative estimate of drug-likeness (QED) is 0.773. The zero-order valence-electron chi connectivity index (χ0n) is 14.0. The Balaban J connectivity index is 2.00. The number of halogens is 1. The van der Waals surface area contributed by atoms with Crippen molar-refractivity contribution in [2.75, 3.05) is 13.1 Å². The van der Waals surface area contributed by atoms with Gasteiger partial charge in [-0.05, 0) is 66.9 Å². The number of aryl methyl sites for hydroxylation is 2. The smallest absolute Gasteiger partial charge is 0.307 e. The Bertz CT molecular complexity index is 722. The Kier molecular flexibility index (Phi) is 5.42. The summed E-state index contributed by atoms with van der Waals surface area (Å²) in [4.78, 5) is 15.1. The second-order valence-electron chi connectivity index (χ2n) is 6.64. The maximum absolute atomic E-state index is 11.5.